The van der Waals surface area contributed by atoms with Gasteiger partial charge < -0.3 is 15.2 Å². The molecule has 3 aromatic rings. The molecule has 2 fully saturated rings. The van der Waals surface area contributed by atoms with Crippen LogP contribution in [0.2, 0.25) is 0 Å². The number of aromatic amines is 1. The van der Waals surface area contributed by atoms with Crippen LogP contribution in [-0.2, 0) is 14.4 Å². The molecule has 2 aliphatic rings. The highest BCUT2D eigenvalue weighted by Crippen LogP contribution is 2.53. The van der Waals surface area contributed by atoms with E-state index in [-0.39, 0.29) is 30.2 Å². The van der Waals surface area contributed by atoms with E-state index < -0.39 is 11.9 Å². The fraction of sp³-hybridized carbons (Fsp3) is 0.333. The minimum Gasteiger partial charge on any atom is -0.340 e. The molecule has 1 aliphatic heterocycles. The zero-order valence-corrected chi connectivity index (χ0v) is 19.3. The van der Waals surface area contributed by atoms with Crippen LogP contribution in [0.15, 0.2) is 60.8 Å². The van der Waals surface area contributed by atoms with Gasteiger partial charge >= 0.3 is 0 Å². The standard InChI is InChI=1S/C27H28N4O3/c1-16(2)25(30-24(33)15-32)27(34)31-22-12-20(22)13-23(31)26-28-14-21(29-26)19-10-8-18(9-11-19)17-6-4-3-5-7-17/h3-11,14-16,20,22-23,25H,12-13H2,1-2H3,(H,28,29)(H,30,33)/t20-,22-,23+,25+/m1/s1. The van der Waals surface area contributed by atoms with E-state index >= 15 is 0 Å². The lowest BCUT2D eigenvalue weighted by Gasteiger charge is -2.31. The van der Waals surface area contributed by atoms with E-state index in [4.69, 9.17) is 0 Å². The number of amides is 2. The number of nitrogens with zero attached hydrogens (tertiary/aromatic N) is 2. The van der Waals surface area contributed by atoms with Crippen LogP contribution in [0.5, 0.6) is 0 Å². The summed E-state index contributed by atoms with van der Waals surface area (Å²) in [5, 5.41) is 2.57. The minimum absolute atomic E-state index is 0.134. The summed E-state index contributed by atoms with van der Waals surface area (Å²) in [7, 11) is 0. The Kier molecular flexibility index (Phi) is 5.77. The van der Waals surface area contributed by atoms with Gasteiger partial charge in [-0.15, -0.1) is 0 Å². The van der Waals surface area contributed by atoms with Crippen molar-refractivity contribution in [3.8, 4) is 22.4 Å². The van der Waals surface area contributed by atoms with Crippen LogP contribution in [0.1, 0.15) is 38.6 Å². The lowest BCUT2D eigenvalue weighted by atomic mass is 10.0. The second kappa shape index (κ2) is 8.89. The molecule has 34 heavy (non-hydrogen) atoms. The van der Waals surface area contributed by atoms with Gasteiger partial charge in [-0.05, 0) is 41.4 Å². The molecule has 0 spiro atoms. The van der Waals surface area contributed by atoms with Gasteiger partial charge in [0.25, 0.3) is 5.91 Å². The number of fused-ring (bicyclic) bond motifs is 1. The van der Waals surface area contributed by atoms with Gasteiger partial charge in [0.2, 0.25) is 12.2 Å². The average molecular weight is 457 g/mol. The molecule has 0 radical (unpaired) electrons. The highest BCUT2D eigenvalue weighted by Gasteiger charge is 2.56. The zero-order chi connectivity index (χ0) is 23.8. The van der Waals surface area contributed by atoms with E-state index in [9.17, 15) is 14.4 Å². The molecule has 4 atom stereocenters. The first-order chi connectivity index (χ1) is 16.5. The minimum atomic E-state index is -0.769. The molecular weight excluding hydrogens is 428 g/mol. The summed E-state index contributed by atoms with van der Waals surface area (Å²) >= 11 is 0. The molecule has 1 aromatic heterocycles. The SMILES string of the molecule is CC(C)[C@H](NC(=O)C=O)C(=O)N1[C@@H]2C[C@@H]2C[C@H]1c1ncc(-c2ccc(-c3ccccc3)cc2)[nH]1. The van der Waals surface area contributed by atoms with Crippen molar-refractivity contribution in [3.63, 3.8) is 0 Å². The van der Waals surface area contributed by atoms with Crippen LogP contribution in [-0.4, -0.2) is 45.1 Å². The number of nitrogens with one attached hydrogen (secondary N) is 2. The van der Waals surface area contributed by atoms with Crippen LogP contribution in [0, 0.1) is 11.8 Å². The van der Waals surface area contributed by atoms with Gasteiger partial charge in [0.15, 0.2) is 0 Å². The van der Waals surface area contributed by atoms with Crippen molar-refractivity contribution < 1.29 is 14.4 Å². The number of benzene rings is 2. The molecule has 2 amide bonds. The van der Waals surface area contributed by atoms with Gasteiger partial charge in [0.1, 0.15) is 11.9 Å². The summed E-state index contributed by atoms with van der Waals surface area (Å²) < 4.78 is 0. The monoisotopic (exact) mass is 456 g/mol. The van der Waals surface area contributed by atoms with E-state index in [1.807, 2.05) is 43.1 Å². The van der Waals surface area contributed by atoms with Crippen LogP contribution in [0.25, 0.3) is 22.4 Å². The normalized spacial score (nSPS) is 21.7. The molecule has 0 unspecified atom stereocenters. The first kappa shape index (κ1) is 22.1. The van der Waals surface area contributed by atoms with Crippen LogP contribution >= 0.6 is 0 Å². The van der Waals surface area contributed by atoms with Gasteiger partial charge in [0.05, 0.1) is 17.9 Å². The fourth-order valence-corrected chi connectivity index (χ4v) is 5.00. The van der Waals surface area contributed by atoms with Crippen molar-refractivity contribution in [2.75, 3.05) is 0 Å². The van der Waals surface area contributed by atoms with Crippen LogP contribution in [0.4, 0.5) is 0 Å². The predicted molar refractivity (Wildman–Crippen MR) is 128 cm³/mol. The number of carbonyl (C=O) groups is 3. The highest BCUT2D eigenvalue weighted by molar-refractivity contribution is 6.24. The van der Waals surface area contributed by atoms with Crippen molar-refractivity contribution in [3.05, 3.63) is 66.6 Å². The maximum atomic E-state index is 13.5. The number of carbonyl (C=O) groups excluding carboxylic acids is 3. The average Bonchev–Trinajstić information content (AvgIpc) is 3.28. The van der Waals surface area contributed by atoms with E-state index in [2.05, 4.69) is 51.7 Å². The maximum Gasteiger partial charge on any atom is 0.284 e. The fourth-order valence-electron chi connectivity index (χ4n) is 5.00. The number of piperidine rings is 1. The summed E-state index contributed by atoms with van der Waals surface area (Å²) in [5.74, 6) is 0.166. The first-order valence-electron chi connectivity index (χ1n) is 11.7. The Labute approximate surface area is 198 Å². The molecular formula is C27H28N4O3. The lowest BCUT2D eigenvalue weighted by molar-refractivity contribution is -0.140. The van der Waals surface area contributed by atoms with Gasteiger partial charge in [-0.25, -0.2) is 4.98 Å². The Bertz CT molecular complexity index is 1200. The number of hydrogen-bond donors (Lipinski definition) is 2. The Morgan fingerprint density at radius 2 is 1.71 bits per heavy atom. The molecule has 5 rings (SSSR count). The Morgan fingerprint density at radius 1 is 1.03 bits per heavy atom. The number of aromatic nitrogens is 2. The summed E-state index contributed by atoms with van der Waals surface area (Å²) in [6.07, 6.45) is 3.85. The predicted octanol–water partition coefficient (Wildman–Crippen LogP) is 3.75. The Morgan fingerprint density at radius 3 is 2.38 bits per heavy atom. The molecule has 0 bridgehead atoms. The van der Waals surface area contributed by atoms with Crippen molar-refractivity contribution in [1.29, 1.82) is 0 Å². The van der Waals surface area contributed by atoms with Gasteiger partial charge in [0, 0.05) is 6.04 Å². The third kappa shape index (κ3) is 4.14. The molecule has 7 nitrogen and oxygen atoms in total. The van der Waals surface area contributed by atoms with Crippen LogP contribution < -0.4 is 5.32 Å². The second-order valence-corrected chi connectivity index (χ2v) is 9.53. The molecule has 2 heterocycles. The number of imidazole rings is 1. The largest absolute Gasteiger partial charge is 0.340 e. The van der Waals surface area contributed by atoms with Gasteiger partial charge in [-0.3, -0.25) is 14.4 Å². The topological polar surface area (TPSA) is 95.2 Å². The quantitative estimate of drug-likeness (QED) is 0.418. The van der Waals surface area contributed by atoms with Crippen molar-refractivity contribution in [2.45, 2.75) is 44.8 Å². The van der Waals surface area contributed by atoms with E-state index in [1.54, 1.807) is 0 Å². The lowest BCUT2D eigenvalue weighted by Crippen LogP contribution is -2.52. The van der Waals surface area contributed by atoms with E-state index in [0.29, 0.717) is 5.92 Å². The first-order valence-corrected chi connectivity index (χ1v) is 11.7. The van der Waals surface area contributed by atoms with Crippen LogP contribution in [0.3, 0.4) is 0 Å². The highest BCUT2D eigenvalue weighted by atomic mass is 16.2. The van der Waals surface area contributed by atoms with Crippen molar-refractivity contribution in [2.24, 2.45) is 11.8 Å². The molecule has 1 saturated heterocycles. The smallest absolute Gasteiger partial charge is 0.284 e. The molecule has 7 heteroatoms. The number of H-pyrrole nitrogens is 1. The van der Waals surface area contributed by atoms with Crippen molar-refractivity contribution in [1.82, 2.24) is 20.2 Å². The molecule has 1 saturated carbocycles. The number of hydrogen-bond acceptors (Lipinski definition) is 4. The zero-order valence-electron chi connectivity index (χ0n) is 19.3. The Balaban J connectivity index is 1.36. The third-order valence-corrected chi connectivity index (χ3v) is 6.91. The molecule has 2 N–H and O–H groups in total. The molecule has 174 valence electrons. The third-order valence-electron chi connectivity index (χ3n) is 6.91. The summed E-state index contributed by atoms with van der Waals surface area (Å²) in [4.78, 5) is 45.9. The number of rotatable bonds is 7. The number of aldehydes is 1. The van der Waals surface area contributed by atoms with Crippen molar-refractivity contribution >= 4 is 18.1 Å². The summed E-state index contributed by atoms with van der Waals surface area (Å²) in [6.45, 7) is 3.74. The maximum absolute atomic E-state index is 13.5. The summed E-state index contributed by atoms with van der Waals surface area (Å²) in [5.41, 5.74) is 4.24. The van der Waals surface area contributed by atoms with Gasteiger partial charge in [-0.2, -0.15) is 0 Å². The van der Waals surface area contributed by atoms with E-state index in [1.165, 1.54) is 5.56 Å². The van der Waals surface area contributed by atoms with E-state index in [0.717, 1.165) is 35.5 Å². The second-order valence-electron chi connectivity index (χ2n) is 9.53. The van der Waals surface area contributed by atoms with Gasteiger partial charge in [-0.1, -0.05) is 68.4 Å². The summed E-state index contributed by atoms with van der Waals surface area (Å²) in [6, 6.07) is 17.8. The Hall–Kier alpha value is -3.74. The number of likely N-dealkylation sites (tertiary alicyclic amines) is 1. The molecule has 1 aliphatic carbocycles. The molecule has 2 aromatic carbocycles.